The number of likely N-dealkylation sites (tertiary alicyclic amines) is 1. The number of rotatable bonds is 4. The summed E-state index contributed by atoms with van der Waals surface area (Å²) in [6, 6.07) is 9.68. The quantitative estimate of drug-likeness (QED) is 0.777. The minimum Gasteiger partial charge on any atom is -0.341 e. The van der Waals surface area contributed by atoms with Gasteiger partial charge in [-0.05, 0) is 31.2 Å². The standard InChI is InChI=1S/C19H28N4O2/c20-16-8-12-23(13-9-16)17(24)19(10-4-5-11-19)22-18(25)21-14-15-6-2-1-3-7-15/h1-3,6-7,16H,4-5,8-14,20H2,(H2,21,22,25). The SMILES string of the molecule is NC1CCN(C(=O)C2(NC(=O)NCc3ccccc3)CCCC2)CC1. The fourth-order valence-corrected chi connectivity index (χ4v) is 3.82. The molecular formula is C19H28N4O2. The molecule has 0 atom stereocenters. The molecule has 0 unspecified atom stereocenters. The molecule has 0 spiro atoms. The van der Waals surface area contributed by atoms with Crippen molar-refractivity contribution in [2.45, 2.75) is 56.7 Å². The Labute approximate surface area is 149 Å². The summed E-state index contributed by atoms with van der Waals surface area (Å²) in [7, 11) is 0. The molecule has 4 N–H and O–H groups in total. The molecule has 6 heteroatoms. The summed E-state index contributed by atoms with van der Waals surface area (Å²) >= 11 is 0. The largest absolute Gasteiger partial charge is 0.341 e. The summed E-state index contributed by atoms with van der Waals surface area (Å²) in [5.74, 6) is 0.0618. The van der Waals surface area contributed by atoms with Crippen molar-refractivity contribution in [1.29, 1.82) is 0 Å². The molecule has 1 aromatic carbocycles. The fraction of sp³-hybridized carbons (Fsp3) is 0.579. The van der Waals surface area contributed by atoms with Crippen molar-refractivity contribution in [1.82, 2.24) is 15.5 Å². The highest BCUT2D eigenvalue weighted by molar-refractivity contribution is 5.91. The van der Waals surface area contributed by atoms with E-state index in [0.29, 0.717) is 32.5 Å². The van der Waals surface area contributed by atoms with Crippen LogP contribution in [-0.2, 0) is 11.3 Å². The number of piperidine rings is 1. The molecule has 0 radical (unpaired) electrons. The van der Waals surface area contributed by atoms with E-state index in [0.717, 1.165) is 31.2 Å². The van der Waals surface area contributed by atoms with Gasteiger partial charge in [-0.3, -0.25) is 4.79 Å². The van der Waals surface area contributed by atoms with Gasteiger partial charge in [-0.1, -0.05) is 43.2 Å². The fourth-order valence-electron chi connectivity index (χ4n) is 3.82. The Hall–Kier alpha value is -2.08. The van der Waals surface area contributed by atoms with E-state index in [-0.39, 0.29) is 18.0 Å². The van der Waals surface area contributed by atoms with E-state index in [4.69, 9.17) is 5.73 Å². The van der Waals surface area contributed by atoms with Crippen LogP contribution >= 0.6 is 0 Å². The van der Waals surface area contributed by atoms with Gasteiger partial charge in [-0.2, -0.15) is 0 Å². The Morgan fingerprint density at radius 2 is 1.76 bits per heavy atom. The van der Waals surface area contributed by atoms with Crippen LogP contribution in [0, 0.1) is 0 Å². The molecule has 1 aliphatic heterocycles. The maximum atomic E-state index is 13.1. The first-order valence-electron chi connectivity index (χ1n) is 9.24. The van der Waals surface area contributed by atoms with Crippen LogP contribution in [0.15, 0.2) is 30.3 Å². The Balaban J connectivity index is 1.60. The van der Waals surface area contributed by atoms with E-state index >= 15 is 0 Å². The smallest absolute Gasteiger partial charge is 0.315 e. The number of benzene rings is 1. The van der Waals surface area contributed by atoms with Crippen LogP contribution in [0.5, 0.6) is 0 Å². The summed E-state index contributed by atoms with van der Waals surface area (Å²) in [6.45, 7) is 1.83. The van der Waals surface area contributed by atoms with Crippen molar-refractivity contribution in [2.75, 3.05) is 13.1 Å². The van der Waals surface area contributed by atoms with Crippen molar-refractivity contribution in [3.8, 4) is 0 Å². The molecule has 1 heterocycles. The van der Waals surface area contributed by atoms with E-state index in [1.165, 1.54) is 0 Å². The third-order valence-corrected chi connectivity index (χ3v) is 5.34. The number of urea groups is 1. The molecule has 25 heavy (non-hydrogen) atoms. The molecular weight excluding hydrogens is 316 g/mol. The van der Waals surface area contributed by atoms with Gasteiger partial charge < -0.3 is 21.3 Å². The molecule has 2 fully saturated rings. The lowest BCUT2D eigenvalue weighted by Crippen LogP contribution is -2.61. The molecule has 136 valence electrons. The molecule has 6 nitrogen and oxygen atoms in total. The highest BCUT2D eigenvalue weighted by Gasteiger charge is 2.45. The second kappa shape index (κ2) is 7.87. The molecule has 1 aliphatic carbocycles. The second-order valence-electron chi connectivity index (χ2n) is 7.21. The van der Waals surface area contributed by atoms with E-state index in [9.17, 15) is 9.59 Å². The predicted molar refractivity (Wildman–Crippen MR) is 96.8 cm³/mol. The van der Waals surface area contributed by atoms with Crippen LogP contribution < -0.4 is 16.4 Å². The van der Waals surface area contributed by atoms with Gasteiger partial charge in [-0.25, -0.2) is 4.79 Å². The monoisotopic (exact) mass is 344 g/mol. The van der Waals surface area contributed by atoms with Crippen LogP contribution in [0.1, 0.15) is 44.1 Å². The number of hydrogen-bond acceptors (Lipinski definition) is 3. The number of nitrogens with two attached hydrogens (primary N) is 1. The lowest BCUT2D eigenvalue weighted by molar-refractivity contribution is -0.138. The third kappa shape index (κ3) is 4.31. The zero-order valence-electron chi connectivity index (χ0n) is 14.7. The maximum Gasteiger partial charge on any atom is 0.315 e. The Morgan fingerprint density at radius 3 is 2.40 bits per heavy atom. The number of carbonyl (C=O) groups excluding carboxylic acids is 2. The molecule has 1 aromatic rings. The van der Waals surface area contributed by atoms with Crippen molar-refractivity contribution >= 4 is 11.9 Å². The number of nitrogens with one attached hydrogen (secondary N) is 2. The van der Waals surface area contributed by atoms with Crippen LogP contribution in [0.25, 0.3) is 0 Å². The molecule has 1 saturated carbocycles. The van der Waals surface area contributed by atoms with E-state index in [2.05, 4.69) is 10.6 Å². The molecule has 0 bridgehead atoms. The van der Waals surface area contributed by atoms with E-state index in [1.54, 1.807) is 0 Å². The van der Waals surface area contributed by atoms with Crippen LogP contribution in [-0.4, -0.2) is 41.5 Å². The average Bonchev–Trinajstić information content (AvgIpc) is 3.10. The maximum absolute atomic E-state index is 13.1. The molecule has 0 aromatic heterocycles. The van der Waals surface area contributed by atoms with Gasteiger partial charge >= 0.3 is 6.03 Å². The predicted octanol–water partition coefficient (Wildman–Crippen LogP) is 1.75. The average molecular weight is 344 g/mol. The summed E-state index contributed by atoms with van der Waals surface area (Å²) in [6.07, 6.45) is 5.04. The van der Waals surface area contributed by atoms with Gasteiger partial charge in [0.2, 0.25) is 5.91 Å². The zero-order valence-corrected chi connectivity index (χ0v) is 14.7. The highest BCUT2D eigenvalue weighted by atomic mass is 16.2. The third-order valence-electron chi connectivity index (χ3n) is 5.34. The number of carbonyl (C=O) groups is 2. The molecule has 1 saturated heterocycles. The summed E-state index contributed by atoms with van der Waals surface area (Å²) in [5, 5.41) is 5.87. The lowest BCUT2D eigenvalue weighted by Gasteiger charge is -2.38. The van der Waals surface area contributed by atoms with Crippen LogP contribution in [0.4, 0.5) is 4.79 Å². The molecule has 3 amide bonds. The van der Waals surface area contributed by atoms with Gasteiger partial charge in [0.1, 0.15) is 5.54 Å². The van der Waals surface area contributed by atoms with Crippen molar-refractivity contribution in [2.24, 2.45) is 5.73 Å². The van der Waals surface area contributed by atoms with Crippen molar-refractivity contribution in [3.63, 3.8) is 0 Å². The summed E-state index contributed by atoms with van der Waals surface area (Å²) < 4.78 is 0. The Morgan fingerprint density at radius 1 is 1.12 bits per heavy atom. The second-order valence-corrected chi connectivity index (χ2v) is 7.21. The number of nitrogens with zero attached hydrogens (tertiary/aromatic N) is 1. The molecule has 3 rings (SSSR count). The minimum atomic E-state index is -0.748. The van der Waals surface area contributed by atoms with Gasteiger partial charge in [0.05, 0.1) is 0 Å². The first kappa shape index (κ1) is 17.7. The van der Waals surface area contributed by atoms with Gasteiger partial charge in [-0.15, -0.1) is 0 Å². The first-order valence-corrected chi connectivity index (χ1v) is 9.24. The summed E-state index contributed by atoms with van der Waals surface area (Å²) in [4.78, 5) is 27.4. The summed E-state index contributed by atoms with van der Waals surface area (Å²) in [5.41, 5.74) is 6.23. The lowest BCUT2D eigenvalue weighted by atomic mass is 9.93. The first-order chi connectivity index (χ1) is 12.1. The van der Waals surface area contributed by atoms with Gasteiger partial charge in [0.15, 0.2) is 0 Å². The van der Waals surface area contributed by atoms with Crippen molar-refractivity contribution < 1.29 is 9.59 Å². The van der Waals surface area contributed by atoms with Crippen LogP contribution in [0.2, 0.25) is 0 Å². The Kier molecular flexibility index (Phi) is 5.58. The Bertz CT molecular complexity index is 591. The van der Waals surface area contributed by atoms with Gasteiger partial charge in [0, 0.05) is 25.7 Å². The normalized spacial score (nSPS) is 20.3. The van der Waals surface area contributed by atoms with E-state index < -0.39 is 5.54 Å². The zero-order chi connectivity index (χ0) is 17.7. The minimum absolute atomic E-state index is 0.0618. The highest BCUT2D eigenvalue weighted by Crippen LogP contribution is 2.32. The number of amides is 3. The molecule has 2 aliphatic rings. The van der Waals surface area contributed by atoms with Crippen LogP contribution in [0.3, 0.4) is 0 Å². The topological polar surface area (TPSA) is 87.5 Å². The van der Waals surface area contributed by atoms with Gasteiger partial charge in [0.25, 0.3) is 0 Å². The number of hydrogen-bond donors (Lipinski definition) is 3. The van der Waals surface area contributed by atoms with Crippen molar-refractivity contribution in [3.05, 3.63) is 35.9 Å². The van der Waals surface area contributed by atoms with E-state index in [1.807, 2.05) is 35.2 Å².